The normalized spacial score (nSPS) is 39.9. The number of hydrogen-bond donors (Lipinski definition) is 1. The number of Topliss-reactive ketones (excluding diaryl/α,β-unsaturated/α-hetero) is 1. The summed E-state index contributed by atoms with van der Waals surface area (Å²) in [5.74, 6) is 1.21. The van der Waals surface area contributed by atoms with Crippen LogP contribution in [0.15, 0.2) is 0 Å². The summed E-state index contributed by atoms with van der Waals surface area (Å²) in [7, 11) is 0. The van der Waals surface area contributed by atoms with Gasteiger partial charge in [0.15, 0.2) is 5.60 Å². The van der Waals surface area contributed by atoms with Crippen molar-refractivity contribution in [1.29, 1.82) is 0 Å². The summed E-state index contributed by atoms with van der Waals surface area (Å²) in [6.07, 6.45) is 5.72. The van der Waals surface area contributed by atoms with Crippen LogP contribution >= 0.6 is 0 Å². The van der Waals surface area contributed by atoms with Crippen molar-refractivity contribution in [2.45, 2.75) is 98.4 Å². The Hall–Kier alpha value is -0.940. The van der Waals surface area contributed by atoms with Crippen LogP contribution in [0.3, 0.4) is 0 Å². The van der Waals surface area contributed by atoms with E-state index in [1.165, 1.54) is 0 Å². The van der Waals surface area contributed by atoms with Gasteiger partial charge in [0.05, 0.1) is 0 Å². The van der Waals surface area contributed by atoms with E-state index in [2.05, 4.69) is 13.8 Å². The Morgan fingerprint density at radius 3 is 2.48 bits per heavy atom. The molecule has 3 rings (SSSR count). The Labute approximate surface area is 175 Å². The molecule has 7 atom stereocenters. The predicted molar refractivity (Wildman–Crippen MR) is 111 cm³/mol. The van der Waals surface area contributed by atoms with E-state index >= 15 is 0 Å². The van der Waals surface area contributed by atoms with E-state index in [1.54, 1.807) is 6.92 Å². The number of carbonyl (C=O) groups excluding carboxylic acids is 2. The van der Waals surface area contributed by atoms with Gasteiger partial charge < -0.3 is 14.6 Å². The fraction of sp³-hybridized carbons (Fsp3) is 0.917. The molecule has 0 aromatic rings. The van der Waals surface area contributed by atoms with Gasteiger partial charge in [-0.25, -0.2) is 4.79 Å². The molecule has 1 N–H and O–H groups in total. The minimum atomic E-state index is -1.01. The first-order chi connectivity index (χ1) is 13.4. The number of esters is 1. The van der Waals surface area contributed by atoms with Gasteiger partial charge in [0.25, 0.3) is 0 Å². The van der Waals surface area contributed by atoms with Crippen LogP contribution in [0, 0.1) is 34.5 Å². The third-order valence-electron chi connectivity index (χ3n) is 7.99. The smallest absolute Gasteiger partial charge is 0.340 e. The summed E-state index contributed by atoms with van der Waals surface area (Å²) in [5.41, 5.74) is -1.19. The number of cyclic esters (lactones) is 1. The van der Waals surface area contributed by atoms with Crippen LogP contribution in [0.2, 0.25) is 0 Å². The molecule has 5 nitrogen and oxygen atoms in total. The Balaban J connectivity index is 1.66. The Bertz CT molecular complexity index is 638. The largest absolute Gasteiger partial charge is 0.433 e. The summed E-state index contributed by atoms with van der Waals surface area (Å²) in [4.78, 5) is 25.0. The lowest BCUT2D eigenvalue weighted by molar-refractivity contribution is -0.156. The molecule has 3 fully saturated rings. The monoisotopic (exact) mass is 408 g/mol. The molecule has 0 radical (unpaired) electrons. The zero-order valence-corrected chi connectivity index (χ0v) is 19.1. The summed E-state index contributed by atoms with van der Waals surface area (Å²) >= 11 is 0. The molecule has 1 saturated heterocycles. The standard InChI is InChI=1S/C24H40O5/c1-15(17-9-10-18-19(26)8-7-11-23(17,18)5)12-16(14-25)13-24(6)20(27)28-21(29-24)22(2,3)4/h15-18,21,25H,7-14H2,1-6H3/t15-,16-,17-,18?,21-,23-,24-/m1/s1. The van der Waals surface area contributed by atoms with E-state index in [4.69, 9.17) is 9.47 Å². The summed E-state index contributed by atoms with van der Waals surface area (Å²) in [6.45, 7) is 12.4. The molecule has 1 unspecified atom stereocenters. The number of rotatable bonds is 6. The van der Waals surface area contributed by atoms with Crippen LogP contribution in [-0.2, 0) is 19.1 Å². The number of aliphatic hydroxyl groups is 1. The topological polar surface area (TPSA) is 72.8 Å². The molecule has 1 aliphatic heterocycles. The highest BCUT2D eigenvalue weighted by atomic mass is 16.8. The fourth-order valence-corrected chi connectivity index (χ4v) is 6.38. The molecule has 0 aromatic heterocycles. The van der Waals surface area contributed by atoms with E-state index in [1.807, 2.05) is 20.8 Å². The van der Waals surface area contributed by atoms with E-state index in [0.29, 0.717) is 24.0 Å². The molecule has 0 aromatic carbocycles. The van der Waals surface area contributed by atoms with Crippen molar-refractivity contribution in [3.8, 4) is 0 Å². The molecular weight excluding hydrogens is 368 g/mol. The van der Waals surface area contributed by atoms with Crippen molar-refractivity contribution in [2.75, 3.05) is 6.61 Å². The highest BCUT2D eigenvalue weighted by molar-refractivity contribution is 5.83. The van der Waals surface area contributed by atoms with E-state index in [0.717, 1.165) is 38.5 Å². The van der Waals surface area contributed by atoms with Crippen molar-refractivity contribution in [2.24, 2.45) is 34.5 Å². The van der Waals surface area contributed by atoms with Gasteiger partial charge in [0, 0.05) is 24.4 Å². The summed E-state index contributed by atoms with van der Waals surface area (Å²) < 4.78 is 11.6. The molecule has 0 amide bonds. The van der Waals surface area contributed by atoms with Gasteiger partial charge in [0.2, 0.25) is 6.29 Å². The minimum Gasteiger partial charge on any atom is -0.433 e. The van der Waals surface area contributed by atoms with Crippen LogP contribution in [0.4, 0.5) is 0 Å². The average Bonchev–Trinajstić information content (AvgIpc) is 3.12. The fourth-order valence-electron chi connectivity index (χ4n) is 6.38. The van der Waals surface area contributed by atoms with Crippen LogP contribution in [0.5, 0.6) is 0 Å². The maximum Gasteiger partial charge on any atom is 0.340 e. The van der Waals surface area contributed by atoms with Crippen LogP contribution in [0.1, 0.15) is 86.5 Å². The Morgan fingerprint density at radius 1 is 1.21 bits per heavy atom. The maximum atomic E-state index is 12.6. The lowest BCUT2D eigenvalue weighted by Crippen LogP contribution is -2.41. The van der Waals surface area contributed by atoms with Gasteiger partial charge in [-0.05, 0) is 68.6 Å². The summed E-state index contributed by atoms with van der Waals surface area (Å²) in [5, 5.41) is 10.1. The number of ketones is 1. The SMILES string of the molecule is C[C@H](C[C@@H](CO)C[C@@]1(C)O[C@H](C(C)(C)C)OC1=O)[C@H]1CCC2C(=O)CCC[C@@]21C. The second kappa shape index (κ2) is 7.96. The zero-order valence-electron chi connectivity index (χ0n) is 19.1. The first-order valence-electron chi connectivity index (χ1n) is 11.4. The average molecular weight is 409 g/mol. The molecule has 0 spiro atoms. The van der Waals surface area contributed by atoms with Gasteiger partial charge in [0.1, 0.15) is 5.78 Å². The Kier molecular flexibility index (Phi) is 6.24. The van der Waals surface area contributed by atoms with Gasteiger partial charge in [-0.2, -0.15) is 0 Å². The van der Waals surface area contributed by atoms with Gasteiger partial charge >= 0.3 is 5.97 Å². The molecule has 5 heteroatoms. The first kappa shape index (κ1) is 22.7. The number of hydrogen-bond acceptors (Lipinski definition) is 5. The number of fused-ring (bicyclic) bond motifs is 1. The van der Waals surface area contributed by atoms with E-state index in [-0.39, 0.29) is 35.2 Å². The van der Waals surface area contributed by atoms with Crippen molar-refractivity contribution in [3.63, 3.8) is 0 Å². The second-order valence-corrected chi connectivity index (χ2v) is 11.5. The maximum absolute atomic E-state index is 12.6. The molecule has 2 saturated carbocycles. The molecule has 1 heterocycles. The predicted octanol–water partition coefficient (Wildman–Crippen LogP) is 4.50. The Morgan fingerprint density at radius 2 is 1.90 bits per heavy atom. The molecule has 2 aliphatic carbocycles. The minimum absolute atomic E-state index is 0.0248. The second-order valence-electron chi connectivity index (χ2n) is 11.5. The van der Waals surface area contributed by atoms with E-state index in [9.17, 15) is 14.7 Å². The van der Waals surface area contributed by atoms with E-state index < -0.39 is 11.9 Å². The van der Waals surface area contributed by atoms with Crippen molar-refractivity contribution < 1.29 is 24.2 Å². The van der Waals surface area contributed by atoms with Crippen LogP contribution in [0.25, 0.3) is 0 Å². The highest BCUT2D eigenvalue weighted by Crippen LogP contribution is 2.57. The third kappa shape index (κ3) is 4.27. The lowest BCUT2D eigenvalue weighted by Gasteiger charge is -2.43. The van der Waals surface area contributed by atoms with Crippen LogP contribution < -0.4 is 0 Å². The quantitative estimate of drug-likeness (QED) is 0.655. The first-order valence-corrected chi connectivity index (χ1v) is 11.4. The van der Waals surface area contributed by atoms with Gasteiger partial charge in [-0.15, -0.1) is 0 Å². The van der Waals surface area contributed by atoms with Crippen molar-refractivity contribution in [1.82, 2.24) is 0 Å². The summed E-state index contributed by atoms with van der Waals surface area (Å²) in [6, 6.07) is 0. The molecule has 166 valence electrons. The van der Waals surface area contributed by atoms with Gasteiger partial charge in [-0.1, -0.05) is 34.6 Å². The molecule has 0 bridgehead atoms. The number of ether oxygens (including phenoxy) is 2. The number of aliphatic hydroxyl groups excluding tert-OH is 1. The zero-order chi connectivity index (χ0) is 21.6. The molecular formula is C24H40O5. The van der Waals surface area contributed by atoms with Crippen molar-refractivity contribution in [3.05, 3.63) is 0 Å². The number of carbonyl (C=O) groups is 2. The van der Waals surface area contributed by atoms with Crippen LogP contribution in [-0.4, -0.2) is 35.4 Å². The molecule has 29 heavy (non-hydrogen) atoms. The van der Waals surface area contributed by atoms with Gasteiger partial charge in [-0.3, -0.25) is 4.79 Å². The highest BCUT2D eigenvalue weighted by Gasteiger charge is 2.54. The lowest BCUT2D eigenvalue weighted by atomic mass is 9.61. The third-order valence-corrected chi connectivity index (χ3v) is 7.99. The van der Waals surface area contributed by atoms with Crippen molar-refractivity contribution >= 4 is 11.8 Å². The molecule has 3 aliphatic rings.